The predicted molar refractivity (Wildman–Crippen MR) is 63.8 cm³/mol. The summed E-state index contributed by atoms with van der Waals surface area (Å²) < 4.78 is 31.7. The first-order valence-corrected chi connectivity index (χ1v) is 6.27. The van der Waals surface area contributed by atoms with Gasteiger partial charge < -0.3 is 16.2 Å². The van der Waals surface area contributed by atoms with Crippen LogP contribution in [0.15, 0.2) is 0 Å². The molecule has 0 aromatic rings. The first kappa shape index (κ1) is 16.7. The van der Waals surface area contributed by atoms with E-state index in [1.807, 2.05) is 0 Å². The molecule has 2 saturated heterocycles. The van der Waals surface area contributed by atoms with E-state index < -0.39 is 12.1 Å². The number of piperidine rings is 1. The number of halogens is 3. The number of primary amides is 1. The van der Waals surface area contributed by atoms with Crippen LogP contribution < -0.4 is 11.1 Å². The van der Waals surface area contributed by atoms with Crippen molar-refractivity contribution < 1.29 is 27.9 Å². The molecule has 2 rings (SSSR count). The number of carboxylic acids is 1. The van der Waals surface area contributed by atoms with E-state index in [4.69, 9.17) is 15.6 Å². The van der Waals surface area contributed by atoms with Gasteiger partial charge in [0.2, 0.25) is 5.91 Å². The molecule has 2 aliphatic rings. The molecule has 2 atom stereocenters. The van der Waals surface area contributed by atoms with E-state index in [0.29, 0.717) is 6.04 Å². The Labute approximate surface area is 114 Å². The van der Waals surface area contributed by atoms with Crippen molar-refractivity contribution in [3.05, 3.63) is 0 Å². The van der Waals surface area contributed by atoms with E-state index in [2.05, 4.69) is 10.2 Å². The van der Waals surface area contributed by atoms with Crippen molar-refractivity contribution in [1.82, 2.24) is 10.2 Å². The summed E-state index contributed by atoms with van der Waals surface area (Å²) in [5.41, 5.74) is 5.37. The van der Waals surface area contributed by atoms with E-state index in [1.54, 1.807) is 0 Å². The van der Waals surface area contributed by atoms with E-state index in [1.165, 1.54) is 6.42 Å². The first-order valence-electron chi connectivity index (χ1n) is 6.27. The van der Waals surface area contributed by atoms with Crippen molar-refractivity contribution in [2.24, 2.45) is 11.7 Å². The lowest BCUT2D eigenvalue weighted by Gasteiger charge is -2.43. The van der Waals surface area contributed by atoms with Crippen LogP contribution in [-0.4, -0.2) is 60.3 Å². The third-order valence-electron chi connectivity index (χ3n) is 3.41. The fraction of sp³-hybridized carbons (Fsp3) is 0.818. The molecule has 2 aliphatic heterocycles. The highest BCUT2D eigenvalue weighted by atomic mass is 19.4. The number of rotatable bonds is 2. The molecule has 0 radical (unpaired) electrons. The summed E-state index contributed by atoms with van der Waals surface area (Å²) in [6.45, 7) is 4.07. The molecule has 0 aliphatic carbocycles. The molecule has 4 N–H and O–H groups in total. The average molecular weight is 297 g/mol. The molecule has 116 valence electrons. The highest BCUT2D eigenvalue weighted by Crippen LogP contribution is 2.22. The summed E-state index contributed by atoms with van der Waals surface area (Å²) in [7, 11) is 0. The normalized spacial score (nSPS) is 26.9. The largest absolute Gasteiger partial charge is 0.490 e. The van der Waals surface area contributed by atoms with Gasteiger partial charge in [-0.2, -0.15) is 13.2 Å². The van der Waals surface area contributed by atoms with Gasteiger partial charge in [0.05, 0.1) is 5.92 Å². The van der Waals surface area contributed by atoms with Crippen LogP contribution in [0.1, 0.15) is 12.8 Å². The van der Waals surface area contributed by atoms with Crippen molar-refractivity contribution in [2.75, 3.05) is 26.2 Å². The minimum atomic E-state index is -5.08. The maximum absolute atomic E-state index is 11.2. The molecule has 1 amide bonds. The summed E-state index contributed by atoms with van der Waals surface area (Å²) in [5, 5.41) is 10.3. The number of hydrogen-bond acceptors (Lipinski definition) is 4. The van der Waals surface area contributed by atoms with Gasteiger partial charge >= 0.3 is 12.1 Å². The van der Waals surface area contributed by atoms with Crippen LogP contribution in [0, 0.1) is 5.92 Å². The van der Waals surface area contributed by atoms with Gasteiger partial charge in [-0.25, -0.2) is 4.79 Å². The van der Waals surface area contributed by atoms with Crippen molar-refractivity contribution >= 4 is 11.9 Å². The Balaban J connectivity index is 0.000000246. The third-order valence-corrected chi connectivity index (χ3v) is 3.41. The van der Waals surface area contributed by atoms with E-state index >= 15 is 0 Å². The summed E-state index contributed by atoms with van der Waals surface area (Å²) in [4.78, 5) is 22.4. The Bertz CT molecular complexity index is 359. The number of nitrogens with one attached hydrogen (secondary N) is 1. The molecule has 0 aromatic heterocycles. The number of amides is 1. The lowest BCUT2D eigenvalue weighted by molar-refractivity contribution is -0.192. The van der Waals surface area contributed by atoms with E-state index in [9.17, 15) is 18.0 Å². The number of hydrogen-bond donors (Lipinski definition) is 3. The zero-order valence-electron chi connectivity index (χ0n) is 10.8. The van der Waals surface area contributed by atoms with Crippen LogP contribution in [0.2, 0.25) is 0 Å². The number of carbonyl (C=O) groups excluding carboxylic acids is 1. The highest BCUT2D eigenvalue weighted by molar-refractivity contribution is 5.77. The fourth-order valence-electron chi connectivity index (χ4n) is 2.24. The SMILES string of the molecule is NC(=O)C1CNCCC1N1CCC1.O=C(O)C(F)(F)F. The Morgan fingerprint density at radius 2 is 1.85 bits per heavy atom. The average Bonchev–Trinajstić information content (AvgIpc) is 2.26. The topological polar surface area (TPSA) is 95.7 Å². The van der Waals surface area contributed by atoms with Gasteiger partial charge in [0.15, 0.2) is 0 Å². The van der Waals surface area contributed by atoms with Gasteiger partial charge in [-0.05, 0) is 32.5 Å². The molecule has 0 saturated carbocycles. The van der Waals surface area contributed by atoms with Crippen molar-refractivity contribution in [2.45, 2.75) is 25.1 Å². The summed E-state index contributed by atoms with van der Waals surface area (Å²) in [6, 6.07) is 0.410. The Morgan fingerprint density at radius 1 is 1.30 bits per heavy atom. The van der Waals surface area contributed by atoms with Crippen LogP contribution in [0.4, 0.5) is 13.2 Å². The number of nitrogens with two attached hydrogens (primary N) is 1. The number of likely N-dealkylation sites (tertiary alicyclic amines) is 1. The smallest absolute Gasteiger partial charge is 0.475 e. The molecule has 20 heavy (non-hydrogen) atoms. The van der Waals surface area contributed by atoms with Gasteiger partial charge in [-0.1, -0.05) is 0 Å². The minimum Gasteiger partial charge on any atom is -0.475 e. The molecular weight excluding hydrogens is 279 g/mol. The first-order chi connectivity index (χ1) is 9.23. The van der Waals surface area contributed by atoms with Crippen LogP contribution in [0.5, 0.6) is 0 Å². The van der Waals surface area contributed by atoms with Gasteiger partial charge in [-0.15, -0.1) is 0 Å². The zero-order valence-corrected chi connectivity index (χ0v) is 10.8. The van der Waals surface area contributed by atoms with Crippen LogP contribution in [0.25, 0.3) is 0 Å². The number of carbonyl (C=O) groups is 2. The molecular formula is C11H18F3N3O3. The van der Waals surface area contributed by atoms with Crippen LogP contribution >= 0.6 is 0 Å². The molecule has 0 spiro atoms. The molecule has 9 heteroatoms. The predicted octanol–water partition coefficient (Wildman–Crippen LogP) is -0.211. The maximum atomic E-state index is 11.2. The zero-order chi connectivity index (χ0) is 15.3. The van der Waals surface area contributed by atoms with Gasteiger partial charge in [0, 0.05) is 12.6 Å². The van der Waals surface area contributed by atoms with Crippen molar-refractivity contribution in [3.8, 4) is 0 Å². The monoisotopic (exact) mass is 297 g/mol. The molecule has 2 unspecified atom stereocenters. The highest BCUT2D eigenvalue weighted by Gasteiger charge is 2.38. The second kappa shape index (κ2) is 6.89. The van der Waals surface area contributed by atoms with E-state index in [0.717, 1.165) is 32.6 Å². The second-order valence-corrected chi connectivity index (χ2v) is 4.76. The van der Waals surface area contributed by atoms with Gasteiger partial charge in [-0.3, -0.25) is 9.69 Å². The van der Waals surface area contributed by atoms with Gasteiger partial charge in [0.1, 0.15) is 0 Å². The summed E-state index contributed by atoms with van der Waals surface area (Å²) >= 11 is 0. The van der Waals surface area contributed by atoms with Gasteiger partial charge in [0.25, 0.3) is 0 Å². The fourth-order valence-corrected chi connectivity index (χ4v) is 2.24. The standard InChI is InChI=1S/C9H17N3O.C2HF3O2/c10-9(13)7-6-11-3-2-8(7)12-4-1-5-12;3-2(4,5)1(6)7/h7-8,11H,1-6H2,(H2,10,13);(H,6,7). The Morgan fingerprint density at radius 3 is 2.20 bits per heavy atom. The van der Waals surface area contributed by atoms with Crippen LogP contribution in [-0.2, 0) is 9.59 Å². The number of carboxylic acid groups (broad SMARTS) is 1. The summed E-state index contributed by atoms with van der Waals surface area (Å²) in [5.74, 6) is -2.88. The lowest BCUT2D eigenvalue weighted by atomic mass is 9.89. The third kappa shape index (κ3) is 4.64. The minimum absolute atomic E-state index is 0.0223. The maximum Gasteiger partial charge on any atom is 0.490 e. The molecule has 0 aromatic carbocycles. The van der Waals surface area contributed by atoms with Crippen LogP contribution in [0.3, 0.4) is 0 Å². The van der Waals surface area contributed by atoms with Crippen molar-refractivity contribution in [1.29, 1.82) is 0 Å². The second-order valence-electron chi connectivity index (χ2n) is 4.76. The number of nitrogens with zero attached hydrogens (tertiary/aromatic N) is 1. The van der Waals surface area contributed by atoms with Crippen molar-refractivity contribution in [3.63, 3.8) is 0 Å². The molecule has 2 heterocycles. The van der Waals surface area contributed by atoms with E-state index in [-0.39, 0.29) is 11.8 Å². The summed E-state index contributed by atoms with van der Waals surface area (Å²) in [6.07, 6.45) is -2.75. The Kier molecular flexibility index (Phi) is 5.75. The number of alkyl halides is 3. The number of aliphatic carboxylic acids is 1. The quantitative estimate of drug-likeness (QED) is 0.655. The Hall–Kier alpha value is -1.35. The molecule has 0 bridgehead atoms. The lowest BCUT2D eigenvalue weighted by Crippen LogP contribution is -2.57. The molecule has 6 nitrogen and oxygen atoms in total. The molecule has 2 fully saturated rings.